The maximum atomic E-state index is 12.1. The first kappa shape index (κ1) is 16.5. The van der Waals surface area contributed by atoms with E-state index in [2.05, 4.69) is 0 Å². The van der Waals surface area contributed by atoms with Gasteiger partial charge in [0.15, 0.2) is 0 Å². The first-order chi connectivity index (χ1) is 9.54. The molecule has 0 atom stereocenters. The normalized spacial score (nSPS) is 10.3. The van der Waals surface area contributed by atoms with Gasteiger partial charge in [0.1, 0.15) is 0 Å². The SMILES string of the molecule is CCN(Cc1ccccc1Cl)C(=O)CCCCC(=O)O. The van der Waals surface area contributed by atoms with Crippen LogP contribution in [0, 0.1) is 0 Å². The van der Waals surface area contributed by atoms with Gasteiger partial charge in [-0.15, -0.1) is 0 Å². The number of nitrogens with zero attached hydrogens (tertiary/aromatic N) is 1. The molecule has 1 aromatic rings. The molecule has 0 radical (unpaired) electrons. The number of halogens is 1. The molecule has 0 unspecified atom stereocenters. The average molecular weight is 298 g/mol. The third-order valence-corrected chi connectivity index (χ3v) is 3.45. The monoisotopic (exact) mass is 297 g/mol. The molecule has 0 saturated heterocycles. The fraction of sp³-hybridized carbons (Fsp3) is 0.467. The zero-order valence-electron chi connectivity index (χ0n) is 11.6. The first-order valence-electron chi connectivity index (χ1n) is 6.77. The van der Waals surface area contributed by atoms with Crippen molar-refractivity contribution in [1.29, 1.82) is 0 Å². The van der Waals surface area contributed by atoms with Crippen LogP contribution in [0.1, 0.15) is 38.2 Å². The largest absolute Gasteiger partial charge is 0.481 e. The average Bonchev–Trinajstić information content (AvgIpc) is 2.42. The lowest BCUT2D eigenvalue weighted by Crippen LogP contribution is -2.30. The van der Waals surface area contributed by atoms with Gasteiger partial charge in [-0.25, -0.2) is 0 Å². The highest BCUT2D eigenvalue weighted by Crippen LogP contribution is 2.17. The van der Waals surface area contributed by atoms with Crippen LogP contribution >= 0.6 is 11.6 Å². The number of rotatable bonds is 8. The summed E-state index contributed by atoms with van der Waals surface area (Å²) in [5.74, 6) is -0.779. The van der Waals surface area contributed by atoms with Gasteiger partial charge in [-0.2, -0.15) is 0 Å². The maximum absolute atomic E-state index is 12.1. The Morgan fingerprint density at radius 1 is 1.20 bits per heavy atom. The van der Waals surface area contributed by atoms with Crippen molar-refractivity contribution in [3.05, 3.63) is 34.9 Å². The van der Waals surface area contributed by atoms with Crippen LogP contribution in [0.5, 0.6) is 0 Å². The summed E-state index contributed by atoms with van der Waals surface area (Å²) in [4.78, 5) is 24.2. The van der Waals surface area contributed by atoms with E-state index in [-0.39, 0.29) is 12.3 Å². The zero-order valence-corrected chi connectivity index (χ0v) is 12.4. The summed E-state index contributed by atoms with van der Waals surface area (Å²) < 4.78 is 0. The van der Waals surface area contributed by atoms with Crippen LogP contribution in [0.4, 0.5) is 0 Å². The molecular formula is C15H20ClNO3. The number of hydrogen-bond acceptors (Lipinski definition) is 2. The molecule has 110 valence electrons. The zero-order chi connectivity index (χ0) is 15.0. The van der Waals surface area contributed by atoms with E-state index in [1.807, 2.05) is 31.2 Å². The van der Waals surface area contributed by atoms with Crippen LogP contribution in [0.2, 0.25) is 5.02 Å². The van der Waals surface area contributed by atoms with Gasteiger partial charge >= 0.3 is 5.97 Å². The fourth-order valence-corrected chi connectivity index (χ4v) is 2.11. The smallest absolute Gasteiger partial charge is 0.303 e. The molecule has 0 heterocycles. The minimum atomic E-state index is -0.819. The molecule has 1 amide bonds. The molecule has 0 aliphatic rings. The number of hydrogen-bond donors (Lipinski definition) is 1. The van der Waals surface area contributed by atoms with E-state index < -0.39 is 5.97 Å². The van der Waals surface area contributed by atoms with E-state index in [0.717, 1.165) is 5.56 Å². The highest BCUT2D eigenvalue weighted by molar-refractivity contribution is 6.31. The van der Waals surface area contributed by atoms with Gasteiger partial charge in [-0.05, 0) is 31.4 Å². The Balaban J connectivity index is 2.47. The van der Waals surface area contributed by atoms with Gasteiger partial charge in [-0.3, -0.25) is 9.59 Å². The number of carbonyl (C=O) groups excluding carboxylic acids is 1. The molecule has 0 aliphatic heterocycles. The summed E-state index contributed by atoms with van der Waals surface area (Å²) in [6, 6.07) is 7.47. The summed E-state index contributed by atoms with van der Waals surface area (Å²) in [6.45, 7) is 3.03. The summed E-state index contributed by atoms with van der Waals surface area (Å²) >= 11 is 6.09. The van der Waals surface area contributed by atoms with E-state index in [0.29, 0.717) is 37.4 Å². The van der Waals surface area contributed by atoms with Gasteiger partial charge in [-0.1, -0.05) is 29.8 Å². The van der Waals surface area contributed by atoms with E-state index in [1.54, 1.807) is 4.90 Å². The van der Waals surface area contributed by atoms with Crippen molar-refractivity contribution < 1.29 is 14.7 Å². The predicted octanol–water partition coefficient (Wildman–Crippen LogP) is 3.33. The van der Waals surface area contributed by atoms with Crippen molar-refractivity contribution in [2.75, 3.05) is 6.54 Å². The van der Waals surface area contributed by atoms with Crippen molar-refractivity contribution in [2.24, 2.45) is 0 Å². The van der Waals surface area contributed by atoms with E-state index in [9.17, 15) is 9.59 Å². The lowest BCUT2D eigenvalue weighted by molar-refractivity contribution is -0.137. The molecule has 5 heteroatoms. The lowest BCUT2D eigenvalue weighted by Gasteiger charge is -2.21. The molecule has 20 heavy (non-hydrogen) atoms. The van der Waals surface area contributed by atoms with Crippen molar-refractivity contribution in [3.63, 3.8) is 0 Å². The molecule has 0 bridgehead atoms. The van der Waals surface area contributed by atoms with Crippen LogP contribution < -0.4 is 0 Å². The standard InChI is InChI=1S/C15H20ClNO3/c1-2-17(11-12-7-3-4-8-13(12)16)14(18)9-5-6-10-15(19)20/h3-4,7-8H,2,5-6,9-11H2,1H3,(H,19,20). The van der Waals surface area contributed by atoms with Crippen LogP contribution in [-0.4, -0.2) is 28.4 Å². The minimum absolute atomic E-state index is 0.0396. The Bertz CT molecular complexity index is 462. The van der Waals surface area contributed by atoms with E-state index in [4.69, 9.17) is 16.7 Å². The summed E-state index contributed by atoms with van der Waals surface area (Å²) in [7, 11) is 0. The molecule has 1 rings (SSSR count). The third-order valence-electron chi connectivity index (χ3n) is 3.08. The minimum Gasteiger partial charge on any atom is -0.481 e. The Hall–Kier alpha value is -1.55. The molecule has 4 nitrogen and oxygen atoms in total. The highest BCUT2D eigenvalue weighted by Gasteiger charge is 2.13. The van der Waals surface area contributed by atoms with Gasteiger partial charge in [0.05, 0.1) is 0 Å². The topological polar surface area (TPSA) is 57.6 Å². The quantitative estimate of drug-likeness (QED) is 0.749. The van der Waals surface area contributed by atoms with Crippen LogP contribution in [0.25, 0.3) is 0 Å². The van der Waals surface area contributed by atoms with Crippen LogP contribution in [-0.2, 0) is 16.1 Å². The Morgan fingerprint density at radius 3 is 2.45 bits per heavy atom. The Morgan fingerprint density at radius 2 is 1.85 bits per heavy atom. The van der Waals surface area contributed by atoms with E-state index in [1.165, 1.54) is 0 Å². The van der Waals surface area contributed by atoms with Crippen LogP contribution in [0.3, 0.4) is 0 Å². The lowest BCUT2D eigenvalue weighted by atomic mass is 10.1. The van der Waals surface area contributed by atoms with E-state index >= 15 is 0 Å². The van der Waals surface area contributed by atoms with Gasteiger partial charge in [0.25, 0.3) is 0 Å². The Kier molecular flexibility index (Phi) is 7.09. The number of unbranched alkanes of at least 4 members (excludes halogenated alkanes) is 1. The number of benzene rings is 1. The van der Waals surface area contributed by atoms with Gasteiger partial charge in [0, 0.05) is 31.0 Å². The molecular weight excluding hydrogens is 278 g/mol. The molecule has 1 aromatic carbocycles. The number of carboxylic acid groups (broad SMARTS) is 1. The van der Waals surface area contributed by atoms with Gasteiger partial charge in [0.2, 0.25) is 5.91 Å². The number of carboxylic acids is 1. The highest BCUT2D eigenvalue weighted by atomic mass is 35.5. The second-order valence-electron chi connectivity index (χ2n) is 4.60. The Labute approximate surface area is 124 Å². The molecule has 0 spiro atoms. The number of aliphatic carboxylic acids is 1. The van der Waals surface area contributed by atoms with Crippen molar-refractivity contribution >= 4 is 23.5 Å². The summed E-state index contributed by atoms with van der Waals surface area (Å²) in [5, 5.41) is 9.21. The van der Waals surface area contributed by atoms with Crippen molar-refractivity contribution in [1.82, 2.24) is 4.90 Å². The molecule has 0 aromatic heterocycles. The number of carbonyl (C=O) groups is 2. The number of amides is 1. The third kappa shape index (κ3) is 5.61. The molecule has 1 N–H and O–H groups in total. The molecule has 0 saturated carbocycles. The summed E-state index contributed by atoms with van der Waals surface area (Å²) in [6.07, 6.45) is 1.63. The molecule has 0 fully saturated rings. The summed E-state index contributed by atoms with van der Waals surface area (Å²) in [5.41, 5.74) is 0.926. The van der Waals surface area contributed by atoms with Gasteiger partial charge < -0.3 is 10.0 Å². The van der Waals surface area contributed by atoms with Crippen molar-refractivity contribution in [3.8, 4) is 0 Å². The fourth-order valence-electron chi connectivity index (χ4n) is 1.92. The molecule has 0 aliphatic carbocycles. The maximum Gasteiger partial charge on any atom is 0.303 e. The first-order valence-corrected chi connectivity index (χ1v) is 7.15. The second kappa shape index (κ2) is 8.59. The second-order valence-corrected chi connectivity index (χ2v) is 5.01. The van der Waals surface area contributed by atoms with Crippen LogP contribution in [0.15, 0.2) is 24.3 Å². The van der Waals surface area contributed by atoms with Crippen molar-refractivity contribution in [2.45, 2.75) is 39.2 Å². The predicted molar refractivity (Wildman–Crippen MR) is 78.6 cm³/mol.